The monoisotopic (exact) mass is 330 g/mol. The van der Waals surface area contributed by atoms with E-state index in [1.807, 2.05) is 0 Å². The van der Waals surface area contributed by atoms with E-state index in [1.165, 1.54) is 0 Å². The van der Waals surface area contributed by atoms with Crippen LogP contribution in [-0.4, -0.2) is 0 Å². The molecule has 0 radical (unpaired) electrons. The fourth-order valence-electron chi connectivity index (χ4n) is 1.95. The molecular weight excluding hydrogens is 317 g/mol. The van der Waals surface area contributed by atoms with Gasteiger partial charge in [0.25, 0.3) is 0 Å². The summed E-state index contributed by atoms with van der Waals surface area (Å²) in [6, 6.07) is 6.41. The summed E-state index contributed by atoms with van der Waals surface area (Å²) in [6.07, 6.45) is 0. The van der Waals surface area contributed by atoms with Crippen LogP contribution in [0.5, 0.6) is 0 Å². The van der Waals surface area contributed by atoms with E-state index >= 15 is 0 Å². The van der Waals surface area contributed by atoms with Gasteiger partial charge in [-0.1, -0.05) is 35.3 Å². The molecule has 112 valence electrons. The van der Waals surface area contributed by atoms with Crippen LogP contribution in [0.15, 0.2) is 24.3 Å². The second-order valence-electron chi connectivity index (χ2n) is 4.81. The molecule has 0 unspecified atom stereocenters. The molecule has 2 aromatic rings. The normalized spacial score (nSPS) is 11.0. The topological polar surface area (TPSA) is 9.23 Å². The molecule has 0 aliphatic heterocycles. The first-order chi connectivity index (χ1) is 9.91. The zero-order valence-electron chi connectivity index (χ0n) is 11.6. The molecular formula is C16H14Cl2F2O. The maximum Gasteiger partial charge on any atom is 0.133 e. The van der Waals surface area contributed by atoms with E-state index in [0.29, 0.717) is 11.1 Å². The Labute approximate surface area is 132 Å². The Balaban J connectivity index is 2.13. The van der Waals surface area contributed by atoms with Gasteiger partial charge in [-0.3, -0.25) is 0 Å². The van der Waals surface area contributed by atoms with E-state index in [9.17, 15) is 8.78 Å². The summed E-state index contributed by atoms with van der Waals surface area (Å²) in [6.45, 7) is 3.20. The molecule has 0 N–H and O–H groups in total. The largest absolute Gasteiger partial charge is 0.372 e. The minimum absolute atomic E-state index is 0.0456. The molecule has 21 heavy (non-hydrogen) atoms. The molecule has 2 aromatic carbocycles. The Morgan fingerprint density at radius 1 is 0.810 bits per heavy atom. The van der Waals surface area contributed by atoms with Crippen LogP contribution in [0.4, 0.5) is 8.78 Å². The van der Waals surface area contributed by atoms with Gasteiger partial charge in [0.1, 0.15) is 11.6 Å². The lowest BCUT2D eigenvalue weighted by molar-refractivity contribution is 0.102. The average Bonchev–Trinajstić information content (AvgIpc) is 2.46. The fourth-order valence-corrected chi connectivity index (χ4v) is 2.35. The van der Waals surface area contributed by atoms with Crippen molar-refractivity contribution in [3.8, 4) is 0 Å². The molecule has 0 aromatic heterocycles. The number of rotatable bonds is 4. The second-order valence-corrected chi connectivity index (χ2v) is 5.62. The highest BCUT2D eigenvalue weighted by Crippen LogP contribution is 2.26. The van der Waals surface area contributed by atoms with Crippen molar-refractivity contribution in [3.05, 3.63) is 68.2 Å². The van der Waals surface area contributed by atoms with E-state index in [2.05, 4.69) is 0 Å². The van der Waals surface area contributed by atoms with Crippen molar-refractivity contribution in [2.24, 2.45) is 0 Å². The second kappa shape index (κ2) is 6.73. The summed E-state index contributed by atoms with van der Waals surface area (Å²) in [5.41, 5.74) is 1.50. The molecule has 2 rings (SSSR count). The maximum absolute atomic E-state index is 13.9. The maximum atomic E-state index is 13.9. The van der Waals surface area contributed by atoms with Crippen LogP contribution in [-0.2, 0) is 18.0 Å². The molecule has 0 atom stereocenters. The summed E-state index contributed by atoms with van der Waals surface area (Å²) < 4.78 is 33.3. The molecule has 0 spiro atoms. The summed E-state index contributed by atoms with van der Waals surface area (Å²) in [4.78, 5) is 0. The third kappa shape index (κ3) is 3.54. The van der Waals surface area contributed by atoms with Crippen molar-refractivity contribution in [3.63, 3.8) is 0 Å². The summed E-state index contributed by atoms with van der Waals surface area (Å²) >= 11 is 11.9. The Morgan fingerprint density at radius 3 is 1.57 bits per heavy atom. The summed E-state index contributed by atoms with van der Waals surface area (Å²) in [5, 5.41) is 0.572. The number of benzene rings is 2. The molecule has 0 saturated heterocycles. The minimum atomic E-state index is -0.404. The van der Waals surface area contributed by atoms with Crippen molar-refractivity contribution in [1.29, 1.82) is 0 Å². The first-order valence-electron chi connectivity index (χ1n) is 6.36. The van der Waals surface area contributed by atoms with Crippen molar-refractivity contribution >= 4 is 23.2 Å². The van der Waals surface area contributed by atoms with Crippen LogP contribution < -0.4 is 0 Å². The molecule has 0 aliphatic rings. The van der Waals surface area contributed by atoms with Crippen molar-refractivity contribution < 1.29 is 13.5 Å². The Morgan fingerprint density at radius 2 is 1.19 bits per heavy atom. The molecule has 0 fully saturated rings. The van der Waals surface area contributed by atoms with Crippen LogP contribution in [0, 0.1) is 25.5 Å². The van der Waals surface area contributed by atoms with Crippen molar-refractivity contribution in [2.75, 3.05) is 0 Å². The smallest absolute Gasteiger partial charge is 0.133 e. The van der Waals surface area contributed by atoms with Gasteiger partial charge < -0.3 is 4.74 Å². The molecule has 0 heterocycles. The molecule has 0 saturated carbocycles. The highest BCUT2D eigenvalue weighted by molar-refractivity contribution is 6.31. The van der Waals surface area contributed by atoms with Crippen LogP contribution >= 0.6 is 23.2 Å². The summed E-state index contributed by atoms with van der Waals surface area (Å²) in [7, 11) is 0. The Kier molecular flexibility index (Phi) is 5.20. The molecule has 0 amide bonds. The zero-order chi connectivity index (χ0) is 15.6. The summed E-state index contributed by atoms with van der Waals surface area (Å²) in [5.74, 6) is -0.809. The van der Waals surface area contributed by atoms with Crippen molar-refractivity contribution in [2.45, 2.75) is 27.1 Å². The van der Waals surface area contributed by atoms with Crippen LogP contribution in [0.2, 0.25) is 10.0 Å². The van der Waals surface area contributed by atoms with E-state index in [4.69, 9.17) is 27.9 Å². The lowest BCUT2D eigenvalue weighted by Crippen LogP contribution is -2.02. The van der Waals surface area contributed by atoms with Gasteiger partial charge in [0.2, 0.25) is 0 Å². The van der Waals surface area contributed by atoms with E-state index < -0.39 is 11.6 Å². The van der Waals surface area contributed by atoms with E-state index in [0.717, 1.165) is 0 Å². The standard InChI is InChI=1S/C16H14Cl2F2O/c1-9-3-5-13(17)11(15(9)19)7-21-8-12-14(18)6-4-10(2)16(12)20/h3-6H,7-8H2,1-2H3. The zero-order valence-corrected chi connectivity index (χ0v) is 13.2. The lowest BCUT2D eigenvalue weighted by Gasteiger charge is -2.11. The predicted octanol–water partition coefficient (Wildman–Crippen LogP) is 5.61. The van der Waals surface area contributed by atoms with E-state index in [-0.39, 0.29) is 34.4 Å². The van der Waals surface area contributed by atoms with Gasteiger partial charge in [0.15, 0.2) is 0 Å². The molecule has 1 nitrogen and oxygen atoms in total. The first-order valence-corrected chi connectivity index (χ1v) is 7.12. The minimum Gasteiger partial charge on any atom is -0.372 e. The van der Waals surface area contributed by atoms with Crippen LogP contribution in [0.25, 0.3) is 0 Å². The molecule has 0 aliphatic carbocycles. The predicted molar refractivity (Wildman–Crippen MR) is 80.8 cm³/mol. The first kappa shape index (κ1) is 16.2. The molecule has 5 heteroatoms. The number of halogens is 4. The van der Waals surface area contributed by atoms with Crippen LogP contribution in [0.3, 0.4) is 0 Å². The quantitative estimate of drug-likeness (QED) is 0.708. The third-order valence-electron chi connectivity index (χ3n) is 3.25. The van der Waals surface area contributed by atoms with Gasteiger partial charge in [-0.2, -0.15) is 0 Å². The molecule has 0 bridgehead atoms. The average molecular weight is 331 g/mol. The number of hydrogen-bond acceptors (Lipinski definition) is 1. The number of ether oxygens (including phenoxy) is 1. The van der Waals surface area contributed by atoms with Crippen LogP contribution in [0.1, 0.15) is 22.3 Å². The highest BCUT2D eigenvalue weighted by Gasteiger charge is 2.13. The van der Waals surface area contributed by atoms with Gasteiger partial charge in [0.05, 0.1) is 13.2 Å². The van der Waals surface area contributed by atoms with Gasteiger partial charge in [0, 0.05) is 21.2 Å². The van der Waals surface area contributed by atoms with E-state index in [1.54, 1.807) is 38.1 Å². The SMILES string of the molecule is Cc1ccc(Cl)c(COCc2c(Cl)ccc(C)c2F)c1F. The Hall–Kier alpha value is -1.16. The van der Waals surface area contributed by atoms with Gasteiger partial charge in [-0.05, 0) is 37.1 Å². The number of hydrogen-bond donors (Lipinski definition) is 0. The fraction of sp³-hybridized carbons (Fsp3) is 0.250. The highest BCUT2D eigenvalue weighted by atomic mass is 35.5. The third-order valence-corrected chi connectivity index (χ3v) is 3.96. The van der Waals surface area contributed by atoms with Gasteiger partial charge in [-0.25, -0.2) is 8.78 Å². The number of aryl methyl sites for hydroxylation is 2. The van der Waals surface area contributed by atoms with Gasteiger partial charge in [-0.15, -0.1) is 0 Å². The van der Waals surface area contributed by atoms with Crippen molar-refractivity contribution in [1.82, 2.24) is 0 Å². The Bertz CT molecular complexity index is 614. The van der Waals surface area contributed by atoms with Gasteiger partial charge >= 0.3 is 0 Å². The lowest BCUT2D eigenvalue weighted by atomic mass is 10.1.